The number of carbonyl (C=O) groups is 2. The molecule has 3 aliphatic heterocycles. The fourth-order valence-electron chi connectivity index (χ4n) is 5.31. The van der Waals surface area contributed by atoms with Gasteiger partial charge in [-0.05, 0) is 38.7 Å². The number of guanidine groups is 1. The third-order valence-electron chi connectivity index (χ3n) is 7.22. The molecule has 3 unspecified atom stereocenters. The molecule has 2 aromatic rings. The number of imide groups is 1. The van der Waals surface area contributed by atoms with E-state index in [1.165, 1.54) is 11.3 Å². The number of aliphatic imine (C=N–C) groups is 1. The van der Waals surface area contributed by atoms with E-state index in [0.717, 1.165) is 42.5 Å². The van der Waals surface area contributed by atoms with Gasteiger partial charge in [0.1, 0.15) is 5.82 Å². The maximum Gasteiger partial charge on any atom is 0.328 e. The van der Waals surface area contributed by atoms with Crippen molar-refractivity contribution in [2.24, 2.45) is 10.9 Å². The van der Waals surface area contributed by atoms with Crippen molar-refractivity contribution in [3.05, 3.63) is 35.8 Å². The summed E-state index contributed by atoms with van der Waals surface area (Å²) in [5, 5.41) is 0.954. The largest absolute Gasteiger partial charge is 0.342 e. The smallest absolute Gasteiger partial charge is 0.328 e. The first-order valence-electron chi connectivity index (χ1n) is 12.3. The van der Waals surface area contributed by atoms with Crippen molar-refractivity contribution in [3.8, 4) is 12.0 Å². The molecule has 0 aliphatic carbocycles. The van der Waals surface area contributed by atoms with E-state index in [9.17, 15) is 9.59 Å². The molecule has 9 nitrogen and oxygen atoms in total. The van der Waals surface area contributed by atoms with Gasteiger partial charge in [0.15, 0.2) is 12.2 Å². The number of para-hydroxylation sites is 1. The van der Waals surface area contributed by atoms with Crippen molar-refractivity contribution in [2.45, 2.75) is 58.8 Å². The van der Waals surface area contributed by atoms with E-state index in [4.69, 9.17) is 4.99 Å². The Kier molecular flexibility index (Phi) is 6.05. The molecule has 0 bridgehead atoms. The summed E-state index contributed by atoms with van der Waals surface area (Å²) >= 11 is 0. The van der Waals surface area contributed by atoms with Crippen molar-refractivity contribution in [3.63, 3.8) is 0 Å². The molecule has 182 valence electrons. The quantitative estimate of drug-likeness (QED) is 0.638. The summed E-state index contributed by atoms with van der Waals surface area (Å²) in [5.74, 6) is 4.34. The van der Waals surface area contributed by atoms with Crippen LogP contribution in [0.2, 0.25) is 0 Å². The Labute approximate surface area is 205 Å². The zero-order valence-corrected chi connectivity index (χ0v) is 20.7. The first kappa shape index (κ1) is 23.1. The number of aromatic nitrogens is 2. The molecule has 0 spiro atoms. The van der Waals surface area contributed by atoms with Gasteiger partial charge in [-0.15, -0.1) is 0 Å². The topological polar surface area (TPSA) is 85.2 Å². The zero-order valence-electron chi connectivity index (χ0n) is 20.7. The molecule has 2 saturated heterocycles. The molecule has 5 rings (SSSR count). The van der Waals surface area contributed by atoms with Crippen molar-refractivity contribution in [1.29, 1.82) is 0 Å². The van der Waals surface area contributed by atoms with Gasteiger partial charge in [0.2, 0.25) is 5.96 Å². The van der Waals surface area contributed by atoms with E-state index in [2.05, 4.69) is 33.8 Å². The molecule has 0 N–H and O–H groups in total. The van der Waals surface area contributed by atoms with Gasteiger partial charge in [-0.3, -0.25) is 14.6 Å². The van der Waals surface area contributed by atoms with Crippen LogP contribution in [0.3, 0.4) is 0 Å². The highest BCUT2D eigenvalue weighted by atomic mass is 16.2. The number of fused-ring (bicyclic) bond motifs is 2. The predicted molar refractivity (Wildman–Crippen MR) is 133 cm³/mol. The lowest BCUT2D eigenvalue weighted by Crippen LogP contribution is -2.64. The summed E-state index contributed by atoms with van der Waals surface area (Å²) in [5.41, 5.74) is 1.60. The minimum Gasteiger partial charge on any atom is -0.342 e. The van der Waals surface area contributed by atoms with E-state index in [1.54, 1.807) is 23.8 Å². The van der Waals surface area contributed by atoms with E-state index >= 15 is 0 Å². The number of urea groups is 1. The molecule has 35 heavy (non-hydrogen) atoms. The minimum atomic E-state index is -0.691. The fraction of sp³-hybridized carbons (Fsp3) is 0.500. The molecule has 3 atom stereocenters. The second kappa shape index (κ2) is 9.17. The van der Waals surface area contributed by atoms with Crippen LogP contribution in [0.4, 0.5) is 4.79 Å². The van der Waals surface area contributed by atoms with Crippen LogP contribution < -0.4 is 0 Å². The lowest BCUT2D eigenvalue weighted by Gasteiger charge is -2.40. The van der Waals surface area contributed by atoms with Gasteiger partial charge in [-0.25, -0.2) is 19.8 Å². The highest BCUT2D eigenvalue weighted by Gasteiger charge is 2.53. The van der Waals surface area contributed by atoms with Gasteiger partial charge in [0, 0.05) is 37.3 Å². The van der Waals surface area contributed by atoms with Crippen LogP contribution >= 0.6 is 0 Å². The first-order chi connectivity index (χ1) is 16.9. The molecule has 1 aromatic heterocycles. The van der Waals surface area contributed by atoms with Crippen LogP contribution in [0.25, 0.3) is 10.9 Å². The van der Waals surface area contributed by atoms with Crippen molar-refractivity contribution >= 4 is 28.8 Å². The standard InChI is InChI=1S/C26H31N7O2/c1-5-13-32-22-23(29-25(32)31-14-9-10-18(6-2)15-31)30(4)26(35)33(24(22)34)16-21-27-17(3)19-11-7-8-12-20(19)28-21/h7-8,11-12,18,22-23H,6,9-10,14-16H2,1-4H3. The number of piperidine rings is 1. The zero-order chi connectivity index (χ0) is 24.7. The number of benzene rings is 1. The summed E-state index contributed by atoms with van der Waals surface area (Å²) in [7, 11) is 1.70. The number of likely N-dealkylation sites (N-methyl/N-ethyl adjacent to an activating group) is 1. The van der Waals surface area contributed by atoms with Crippen LogP contribution in [0.5, 0.6) is 0 Å². The summed E-state index contributed by atoms with van der Waals surface area (Å²) < 4.78 is 0. The Morgan fingerprint density at radius 3 is 2.74 bits per heavy atom. The van der Waals surface area contributed by atoms with E-state index in [1.807, 2.05) is 31.2 Å². The summed E-state index contributed by atoms with van der Waals surface area (Å²) in [6.45, 7) is 7.63. The van der Waals surface area contributed by atoms with Gasteiger partial charge in [0.25, 0.3) is 5.91 Å². The third kappa shape index (κ3) is 3.97. The lowest BCUT2D eigenvalue weighted by molar-refractivity contribution is -0.137. The average molecular weight is 474 g/mol. The second-order valence-electron chi connectivity index (χ2n) is 9.44. The Balaban J connectivity index is 1.45. The number of aryl methyl sites for hydroxylation is 1. The maximum absolute atomic E-state index is 13.8. The van der Waals surface area contributed by atoms with Crippen LogP contribution in [-0.4, -0.2) is 79.8 Å². The number of carbonyl (C=O) groups excluding carboxylic acids is 2. The molecular weight excluding hydrogens is 442 g/mol. The van der Waals surface area contributed by atoms with E-state index in [-0.39, 0.29) is 12.5 Å². The molecule has 4 heterocycles. The van der Waals surface area contributed by atoms with Crippen LogP contribution in [0.15, 0.2) is 29.3 Å². The van der Waals surface area contributed by atoms with Crippen LogP contribution in [0, 0.1) is 24.8 Å². The highest BCUT2D eigenvalue weighted by molar-refractivity contribution is 6.04. The van der Waals surface area contributed by atoms with Crippen molar-refractivity contribution < 1.29 is 9.59 Å². The van der Waals surface area contributed by atoms with E-state index < -0.39 is 18.2 Å². The minimum absolute atomic E-state index is 0.00124. The average Bonchev–Trinajstić information content (AvgIpc) is 3.25. The molecule has 0 saturated carbocycles. The highest BCUT2D eigenvalue weighted by Crippen LogP contribution is 2.31. The number of amides is 3. The Hall–Kier alpha value is -3.67. The molecule has 2 fully saturated rings. The van der Waals surface area contributed by atoms with Gasteiger partial charge in [-0.2, -0.15) is 0 Å². The molecular formula is C26H31N7O2. The second-order valence-corrected chi connectivity index (χ2v) is 9.44. The summed E-state index contributed by atoms with van der Waals surface area (Å²) in [6, 6.07) is 9.74. The molecule has 9 heteroatoms. The number of likely N-dealkylation sites (tertiary alicyclic amines) is 1. The predicted octanol–water partition coefficient (Wildman–Crippen LogP) is 2.80. The summed E-state index contributed by atoms with van der Waals surface area (Å²) in [4.78, 5) is 47.9. The van der Waals surface area contributed by atoms with Gasteiger partial charge >= 0.3 is 6.03 Å². The first-order valence-corrected chi connectivity index (χ1v) is 12.3. The number of hydrogen-bond donors (Lipinski definition) is 0. The van der Waals surface area contributed by atoms with Crippen molar-refractivity contribution in [1.82, 2.24) is 29.6 Å². The molecule has 3 amide bonds. The van der Waals surface area contributed by atoms with Gasteiger partial charge < -0.3 is 9.80 Å². The number of hydrogen-bond acceptors (Lipinski definition) is 7. The Morgan fingerprint density at radius 1 is 1.17 bits per heavy atom. The third-order valence-corrected chi connectivity index (χ3v) is 7.22. The van der Waals surface area contributed by atoms with Gasteiger partial charge in [0.05, 0.1) is 12.1 Å². The molecule has 3 aliphatic rings. The van der Waals surface area contributed by atoms with Crippen LogP contribution in [0.1, 0.15) is 44.6 Å². The monoisotopic (exact) mass is 473 g/mol. The van der Waals surface area contributed by atoms with E-state index in [0.29, 0.717) is 17.7 Å². The molecule has 0 radical (unpaired) electrons. The fourth-order valence-corrected chi connectivity index (χ4v) is 5.31. The normalized spacial score (nSPS) is 24.5. The van der Waals surface area contributed by atoms with Gasteiger partial charge in [-0.1, -0.05) is 37.5 Å². The Bertz CT molecular complexity index is 1260. The molecule has 1 aromatic carbocycles. The SMILES string of the molecule is CC#CN1C(N2CCCC(CC)C2)=NC2C1C(=O)N(Cc1nc(C)c3ccccc3n1)C(=O)N2C. The van der Waals surface area contributed by atoms with Crippen molar-refractivity contribution in [2.75, 3.05) is 20.1 Å². The summed E-state index contributed by atoms with van der Waals surface area (Å²) in [6.07, 6.45) is 2.77. The van der Waals surface area contributed by atoms with Crippen LogP contribution in [-0.2, 0) is 11.3 Å². The number of nitrogens with zero attached hydrogens (tertiary/aromatic N) is 7. The maximum atomic E-state index is 13.8. The lowest BCUT2D eigenvalue weighted by atomic mass is 9.96. The Morgan fingerprint density at radius 2 is 1.97 bits per heavy atom. The number of rotatable bonds is 3.